The molecule has 0 unspecified atom stereocenters. The number of hydrogen-bond donors (Lipinski definition) is 1. The zero-order chi connectivity index (χ0) is 35.0. The second kappa shape index (κ2) is 13.5. The Kier molecular flexibility index (Phi) is 9.38. The van der Waals surface area contributed by atoms with E-state index < -0.39 is 47.9 Å². The van der Waals surface area contributed by atoms with Crippen molar-refractivity contribution >= 4 is 62.3 Å². The molecule has 0 aliphatic carbocycles. The average Bonchev–Trinajstić information content (AvgIpc) is 3.41. The van der Waals surface area contributed by atoms with Crippen LogP contribution in [-0.4, -0.2) is 99.2 Å². The predicted octanol–water partition coefficient (Wildman–Crippen LogP) is 3.02. The SMILES string of the molecule is [CH3][Sn]([CH3])([CH3])[c]1cc(C(=O)ON2C(=O)CCC2=O)cc(C(=O)N2CCN(C(=O)c3cc(Cc4n[nH]c(=O)c5ccccc45)ccc3F)CC2)c1. The van der Waals surface area contributed by atoms with Crippen molar-refractivity contribution < 1.29 is 33.2 Å². The minimum atomic E-state index is -2.87. The summed E-state index contributed by atoms with van der Waals surface area (Å²) in [7, 11) is 0. The molecule has 49 heavy (non-hydrogen) atoms. The first-order chi connectivity index (χ1) is 23.3. The van der Waals surface area contributed by atoms with Gasteiger partial charge < -0.3 is 0 Å². The fourth-order valence-electron chi connectivity index (χ4n) is 5.91. The molecule has 12 nitrogen and oxygen atoms in total. The van der Waals surface area contributed by atoms with Gasteiger partial charge in [-0.15, -0.1) is 0 Å². The Hall–Kier alpha value is -4.92. The Morgan fingerprint density at radius 3 is 2.08 bits per heavy atom. The van der Waals surface area contributed by atoms with Gasteiger partial charge in [0.15, 0.2) is 0 Å². The number of benzene rings is 3. The normalized spacial score (nSPS) is 15.2. The van der Waals surface area contributed by atoms with Crippen LogP contribution in [0.1, 0.15) is 55.2 Å². The first-order valence-corrected chi connectivity index (χ1v) is 25.9. The zero-order valence-electron chi connectivity index (χ0n) is 27.2. The summed E-state index contributed by atoms with van der Waals surface area (Å²) in [6.07, 6.45) is 0.192. The van der Waals surface area contributed by atoms with Crippen LogP contribution in [0, 0.1) is 5.82 Å². The van der Waals surface area contributed by atoms with E-state index in [0.29, 0.717) is 27.1 Å². The summed E-state index contributed by atoms with van der Waals surface area (Å²) in [5.74, 6) is -3.63. The van der Waals surface area contributed by atoms with E-state index in [0.717, 1.165) is 3.58 Å². The van der Waals surface area contributed by atoms with Gasteiger partial charge in [-0.3, -0.25) is 4.79 Å². The molecule has 14 heteroatoms. The fourth-order valence-corrected chi connectivity index (χ4v) is 9.27. The van der Waals surface area contributed by atoms with Crippen LogP contribution in [-0.2, 0) is 20.8 Å². The van der Waals surface area contributed by atoms with E-state index in [9.17, 15) is 28.8 Å². The number of amides is 4. The minimum absolute atomic E-state index is 0.0352. The number of aromatic nitrogens is 2. The van der Waals surface area contributed by atoms with Crippen LogP contribution in [0.5, 0.6) is 0 Å². The van der Waals surface area contributed by atoms with Crippen molar-refractivity contribution in [3.8, 4) is 0 Å². The summed E-state index contributed by atoms with van der Waals surface area (Å²) in [5, 5.41) is 8.31. The third-order valence-corrected chi connectivity index (χ3v) is 14.5. The van der Waals surface area contributed by atoms with Crippen LogP contribution in [0.3, 0.4) is 0 Å². The standard InChI is InChI=1S/C32H25FN5O7.3CH3.Sn/c33-25-9-8-19(17-26-22-6-1-2-7-23(22)29(41)35-34-26)16-24(25)31(43)37-14-12-36(13-15-37)30(42)20-4-3-5-21(18-20)32(44)45-38-27(39)10-11-28(38)40;;;;/h1-2,4-9,16,18H,10-15,17H2,(H,35,41);3*1H3;. The summed E-state index contributed by atoms with van der Waals surface area (Å²) >= 11 is -2.87. The molecule has 0 atom stereocenters. The van der Waals surface area contributed by atoms with E-state index in [4.69, 9.17) is 4.84 Å². The van der Waals surface area contributed by atoms with Gasteiger partial charge in [-0.1, -0.05) is 24.3 Å². The monoisotopic (exact) mass is 775 g/mol. The van der Waals surface area contributed by atoms with Crippen LogP contribution in [0.25, 0.3) is 10.8 Å². The van der Waals surface area contributed by atoms with E-state index in [1.54, 1.807) is 47.4 Å². The van der Waals surface area contributed by atoms with Crippen LogP contribution >= 0.6 is 0 Å². The molecule has 1 N–H and O–H groups in total. The number of rotatable bonds is 7. The van der Waals surface area contributed by atoms with Crippen molar-refractivity contribution in [2.45, 2.75) is 34.1 Å². The molecule has 0 saturated carbocycles. The molecule has 2 saturated heterocycles. The maximum atomic E-state index is 15.0. The predicted molar refractivity (Wildman–Crippen MR) is 179 cm³/mol. The Morgan fingerprint density at radius 2 is 1.43 bits per heavy atom. The molecular formula is C35H34FN5O7Sn. The number of halogens is 1. The number of carbonyl (C=O) groups is 5. The number of piperazine rings is 1. The molecule has 1 aromatic heterocycles. The summed E-state index contributed by atoms with van der Waals surface area (Å²) in [5.41, 5.74) is 1.13. The number of hydrogen-bond acceptors (Lipinski definition) is 8. The number of fused-ring (bicyclic) bond motifs is 1. The summed E-state index contributed by atoms with van der Waals surface area (Å²) in [6, 6.07) is 16.2. The van der Waals surface area contributed by atoms with Crippen LogP contribution in [0.2, 0.25) is 14.8 Å². The van der Waals surface area contributed by atoms with Gasteiger partial charge in [-0.2, -0.15) is 5.10 Å². The Balaban J connectivity index is 1.16. The van der Waals surface area contributed by atoms with Crippen molar-refractivity contribution in [3.05, 3.63) is 105 Å². The Bertz CT molecular complexity index is 2070. The number of nitrogens with zero attached hydrogens (tertiary/aromatic N) is 4. The molecular weight excluding hydrogens is 740 g/mol. The van der Waals surface area contributed by atoms with Crippen LogP contribution in [0.15, 0.2) is 65.5 Å². The van der Waals surface area contributed by atoms with Gasteiger partial charge in [-0.05, 0) is 6.07 Å². The Morgan fingerprint density at radius 1 is 0.816 bits per heavy atom. The Labute approximate surface area is 284 Å². The number of hydroxylamine groups is 2. The number of H-pyrrole nitrogens is 1. The van der Waals surface area contributed by atoms with Gasteiger partial charge in [0.1, 0.15) is 0 Å². The summed E-state index contributed by atoms with van der Waals surface area (Å²) in [4.78, 5) is 91.0. The third-order valence-electron chi connectivity index (χ3n) is 8.72. The summed E-state index contributed by atoms with van der Waals surface area (Å²) < 4.78 is 15.9. The molecule has 2 aliphatic rings. The maximum absolute atomic E-state index is 15.0. The fraction of sp³-hybridized carbons (Fsp3) is 0.286. The van der Waals surface area contributed by atoms with Crippen molar-refractivity contribution in [2.24, 2.45) is 0 Å². The van der Waals surface area contributed by atoms with Gasteiger partial charge in [0, 0.05) is 11.8 Å². The van der Waals surface area contributed by atoms with Gasteiger partial charge in [0.05, 0.1) is 11.1 Å². The van der Waals surface area contributed by atoms with Gasteiger partial charge in [0.25, 0.3) is 5.56 Å². The van der Waals surface area contributed by atoms with E-state index in [-0.39, 0.29) is 73.6 Å². The molecule has 0 spiro atoms. The number of imide groups is 1. The number of nitrogens with one attached hydrogen (secondary N) is 1. The summed E-state index contributed by atoms with van der Waals surface area (Å²) in [6.45, 7) is 0.677. The van der Waals surface area contributed by atoms with Gasteiger partial charge >= 0.3 is 212 Å². The molecule has 4 amide bonds. The molecule has 2 fully saturated rings. The topological polar surface area (TPSA) is 150 Å². The van der Waals surface area contributed by atoms with Crippen molar-refractivity contribution in [2.75, 3.05) is 26.2 Å². The second-order valence-corrected chi connectivity index (χ2v) is 27.6. The molecule has 252 valence electrons. The quantitative estimate of drug-likeness (QED) is 0.223. The van der Waals surface area contributed by atoms with E-state index >= 15 is 4.39 Å². The van der Waals surface area contributed by atoms with Gasteiger partial charge in [0.2, 0.25) is 0 Å². The van der Waals surface area contributed by atoms with E-state index in [2.05, 4.69) is 25.0 Å². The first kappa shape index (κ1) is 34.0. The molecule has 6 rings (SSSR count). The molecule has 2 aliphatic heterocycles. The molecule has 0 radical (unpaired) electrons. The number of aromatic amines is 1. The van der Waals surface area contributed by atoms with Gasteiger partial charge in [-0.25, -0.2) is 5.10 Å². The van der Waals surface area contributed by atoms with E-state index in [1.165, 1.54) is 23.1 Å². The van der Waals surface area contributed by atoms with Crippen molar-refractivity contribution in [3.63, 3.8) is 0 Å². The van der Waals surface area contributed by atoms with Crippen LogP contribution in [0.4, 0.5) is 4.39 Å². The van der Waals surface area contributed by atoms with E-state index in [1.807, 2.05) is 0 Å². The molecule has 0 bridgehead atoms. The second-order valence-electron chi connectivity index (χ2n) is 13.1. The van der Waals surface area contributed by atoms with Crippen molar-refractivity contribution in [1.82, 2.24) is 25.1 Å². The molecule has 3 aromatic carbocycles. The zero-order valence-corrected chi connectivity index (χ0v) is 30.1. The van der Waals surface area contributed by atoms with Crippen molar-refractivity contribution in [1.29, 1.82) is 0 Å². The molecule has 4 aromatic rings. The van der Waals surface area contributed by atoms with Crippen LogP contribution < -0.4 is 9.14 Å². The first-order valence-electron chi connectivity index (χ1n) is 15.9. The molecule has 3 heterocycles. The average molecular weight is 774 g/mol. The third kappa shape index (κ3) is 7.12. The number of carbonyl (C=O) groups excluding carboxylic acids is 5.